The first-order valence-corrected chi connectivity index (χ1v) is 9.69. The number of hydrogen-bond acceptors (Lipinski definition) is 8. The fourth-order valence-electron chi connectivity index (χ4n) is 3.74. The van der Waals surface area contributed by atoms with Crippen molar-refractivity contribution < 1.29 is 40.1 Å². The van der Waals surface area contributed by atoms with E-state index in [9.17, 15) is 30.6 Å². The second-order valence-electron chi connectivity index (χ2n) is 7.62. The van der Waals surface area contributed by atoms with Crippen LogP contribution in [0.5, 0.6) is 5.75 Å². The SMILES string of the molecule is COc1ccc(Cc2ccc(CO)cc2[C@@]2(O)O[C@H]([C@H](C)O)[C@@H](O)[C@H](O)[C@H]2O)cc1. The zero-order chi connectivity index (χ0) is 22.1. The van der Waals surface area contributed by atoms with Crippen molar-refractivity contribution in [3.63, 3.8) is 0 Å². The van der Waals surface area contributed by atoms with E-state index >= 15 is 0 Å². The lowest BCUT2D eigenvalue weighted by atomic mass is 9.83. The summed E-state index contributed by atoms with van der Waals surface area (Å²) in [4.78, 5) is 0. The Balaban J connectivity index is 2.05. The Morgan fingerprint density at radius 3 is 2.23 bits per heavy atom. The van der Waals surface area contributed by atoms with Crippen LogP contribution < -0.4 is 4.74 Å². The average Bonchev–Trinajstić information content (AvgIpc) is 2.75. The number of methoxy groups -OCH3 is 1. The first-order chi connectivity index (χ1) is 14.2. The molecule has 0 aliphatic carbocycles. The molecule has 0 bridgehead atoms. The molecule has 8 heteroatoms. The van der Waals surface area contributed by atoms with Gasteiger partial charge < -0.3 is 40.1 Å². The Bertz CT molecular complexity index is 853. The standard InChI is InChI=1S/C22H28O8/c1-12(24)20-18(25)19(26)21(27)22(28,30-20)17-10-14(11-23)3-6-15(17)9-13-4-7-16(29-2)8-5-13/h3-8,10,12,18-21,23-28H,9,11H2,1-2H3/t12-,18-,19-,20+,21+,22+/m0/s1. The number of aliphatic hydroxyl groups is 6. The Morgan fingerprint density at radius 2 is 1.67 bits per heavy atom. The molecule has 6 atom stereocenters. The van der Waals surface area contributed by atoms with E-state index in [-0.39, 0.29) is 12.2 Å². The summed E-state index contributed by atoms with van der Waals surface area (Å²) >= 11 is 0. The highest BCUT2D eigenvalue weighted by Crippen LogP contribution is 2.39. The monoisotopic (exact) mass is 420 g/mol. The molecule has 0 aromatic heterocycles. The lowest BCUT2D eigenvalue weighted by molar-refractivity contribution is -0.364. The Morgan fingerprint density at radius 1 is 1.03 bits per heavy atom. The molecule has 2 aromatic carbocycles. The maximum absolute atomic E-state index is 11.3. The van der Waals surface area contributed by atoms with Crippen molar-refractivity contribution in [3.8, 4) is 5.75 Å². The van der Waals surface area contributed by atoms with Crippen LogP contribution in [0.2, 0.25) is 0 Å². The summed E-state index contributed by atoms with van der Waals surface area (Å²) in [7, 11) is 1.57. The number of hydrogen-bond donors (Lipinski definition) is 6. The minimum absolute atomic E-state index is 0.133. The van der Waals surface area contributed by atoms with Crippen molar-refractivity contribution in [1.82, 2.24) is 0 Å². The van der Waals surface area contributed by atoms with Crippen LogP contribution >= 0.6 is 0 Å². The summed E-state index contributed by atoms with van der Waals surface area (Å²) in [5, 5.41) is 61.9. The largest absolute Gasteiger partial charge is 0.497 e. The lowest BCUT2D eigenvalue weighted by Crippen LogP contribution is -2.65. The second-order valence-corrected chi connectivity index (χ2v) is 7.62. The number of aliphatic hydroxyl groups excluding tert-OH is 5. The van der Waals surface area contributed by atoms with Crippen LogP contribution in [-0.2, 0) is 23.6 Å². The first-order valence-electron chi connectivity index (χ1n) is 9.69. The summed E-state index contributed by atoms with van der Waals surface area (Å²) in [5.41, 5.74) is 2.05. The Hall–Kier alpha value is -2.04. The molecular formula is C22H28O8. The zero-order valence-corrected chi connectivity index (χ0v) is 16.8. The molecule has 0 spiro atoms. The van der Waals surface area contributed by atoms with Crippen molar-refractivity contribution in [2.75, 3.05) is 7.11 Å². The van der Waals surface area contributed by atoms with E-state index in [1.165, 1.54) is 13.0 Å². The van der Waals surface area contributed by atoms with Gasteiger partial charge in [-0.05, 0) is 48.2 Å². The molecular weight excluding hydrogens is 392 g/mol. The molecule has 6 N–H and O–H groups in total. The minimum atomic E-state index is -2.41. The summed E-state index contributed by atoms with van der Waals surface area (Å²) in [5.74, 6) is -1.72. The fourth-order valence-corrected chi connectivity index (χ4v) is 3.74. The van der Waals surface area contributed by atoms with Crippen LogP contribution in [0.3, 0.4) is 0 Å². The van der Waals surface area contributed by atoms with Gasteiger partial charge >= 0.3 is 0 Å². The molecule has 0 radical (unpaired) electrons. The molecule has 3 rings (SSSR count). The number of ether oxygens (including phenoxy) is 2. The number of rotatable bonds is 6. The van der Waals surface area contributed by atoms with Gasteiger partial charge in [-0.3, -0.25) is 0 Å². The van der Waals surface area contributed by atoms with E-state index in [2.05, 4.69) is 0 Å². The topological polar surface area (TPSA) is 140 Å². The van der Waals surface area contributed by atoms with Gasteiger partial charge in [0.25, 0.3) is 0 Å². The highest BCUT2D eigenvalue weighted by molar-refractivity contribution is 5.40. The summed E-state index contributed by atoms with van der Waals surface area (Å²) < 4.78 is 10.7. The molecule has 2 aromatic rings. The molecule has 1 fully saturated rings. The summed E-state index contributed by atoms with van der Waals surface area (Å²) in [6.07, 6.45) is -7.44. The quantitative estimate of drug-likeness (QED) is 0.377. The van der Waals surface area contributed by atoms with Crippen molar-refractivity contribution >= 4 is 0 Å². The predicted octanol–water partition coefficient (Wildman–Crippen LogP) is -0.214. The van der Waals surface area contributed by atoms with Crippen molar-refractivity contribution in [2.45, 2.75) is 56.3 Å². The highest BCUT2D eigenvalue weighted by atomic mass is 16.7. The van der Waals surface area contributed by atoms with E-state index < -0.39 is 36.3 Å². The van der Waals surface area contributed by atoms with Crippen LogP contribution in [0.4, 0.5) is 0 Å². The maximum Gasteiger partial charge on any atom is 0.222 e. The van der Waals surface area contributed by atoms with Crippen molar-refractivity contribution in [3.05, 3.63) is 64.7 Å². The molecule has 0 amide bonds. The Kier molecular flexibility index (Phi) is 6.78. The third-order valence-electron chi connectivity index (χ3n) is 5.50. The van der Waals surface area contributed by atoms with Gasteiger partial charge in [-0.1, -0.05) is 24.3 Å². The lowest BCUT2D eigenvalue weighted by Gasteiger charge is -2.47. The third kappa shape index (κ3) is 4.21. The first kappa shape index (κ1) is 22.6. The van der Waals surface area contributed by atoms with Crippen LogP contribution in [0.15, 0.2) is 42.5 Å². The van der Waals surface area contributed by atoms with Gasteiger partial charge in [0.15, 0.2) is 0 Å². The molecule has 1 aliphatic rings. The van der Waals surface area contributed by atoms with Crippen molar-refractivity contribution in [2.24, 2.45) is 0 Å². The highest BCUT2D eigenvalue weighted by Gasteiger charge is 2.55. The average molecular weight is 420 g/mol. The van der Waals surface area contributed by atoms with Crippen LogP contribution in [0.1, 0.15) is 29.2 Å². The van der Waals surface area contributed by atoms with E-state index in [4.69, 9.17) is 9.47 Å². The molecule has 8 nitrogen and oxygen atoms in total. The van der Waals surface area contributed by atoms with Crippen LogP contribution in [-0.4, -0.2) is 68.3 Å². The van der Waals surface area contributed by atoms with Crippen LogP contribution in [0, 0.1) is 0 Å². The fraction of sp³-hybridized carbons (Fsp3) is 0.455. The molecule has 1 heterocycles. The van der Waals surface area contributed by atoms with E-state index in [0.29, 0.717) is 23.3 Å². The van der Waals surface area contributed by atoms with E-state index in [1.54, 1.807) is 31.4 Å². The molecule has 0 unspecified atom stereocenters. The predicted molar refractivity (Wildman–Crippen MR) is 107 cm³/mol. The summed E-state index contributed by atoms with van der Waals surface area (Å²) in [6.45, 7) is 1.04. The van der Waals surface area contributed by atoms with Gasteiger partial charge in [-0.2, -0.15) is 0 Å². The van der Waals surface area contributed by atoms with E-state index in [1.807, 2.05) is 12.1 Å². The Labute approximate surface area is 174 Å². The summed E-state index contributed by atoms with van der Waals surface area (Å²) in [6, 6.07) is 12.1. The molecule has 164 valence electrons. The molecule has 1 aliphatic heterocycles. The van der Waals surface area contributed by atoms with Gasteiger partial charge in [-0.15, -0.1) is 0 Å². The van der Waals surface area contributed by atoms with Gasteiger partial charge in [0.1, 0.15) is 30.2 Å². The van der Waals surface area contributed by atoms with Gasteiger partial charge in [-0.25, -0.2) is 0 Å². The molecule has 30 heavy (non-hydrogen) atoms. The normalized spacial score (nSPS) is 30.1. The van der Waals surface area contributed by atoms with E-state index in [0.717, 1.165) is 5.56 Å². The maximum atomic E-state index is 11.3. The van der Waals surface area contributed by atoms with Gasteiger partial charge in [0, 0.05) is 5.56 Å². The van der Waals surface area contributed by atoms with Crippen molar-refractivity contribution in [1.29, 1.82) is 0 Å². The van der Waals surface area contributed by atoms with Crippen LogP contribution in [0.25, 0.3) is 0 Å². The zero-order valence-electron chi connectivity index (χ0n) is 16.8. The smallest absolute Gasteiger partial charge is 0.222 e. The molecule has 0 saturated carbocycles. The second kappa shape index (κ2) is 8.99. The van der Waals surface area contributed by atoms with Gasteiger partial charge in [0.2, 0.25) is 5.79 Å². The third-order valence-corrected chi connectivity index (χ3v) is 5.50. The van der Waals surface area contributed by atoms with Gasteiger partial charge in [0.05, 0.1) is 19.8 Å². The minimum Gasteiger partial charge on any atom is -0.497 e. The number of benzene rings is 2. The molecule has 1 saturated heterocycles.